The molecule has 0 aliphatic carbocycles. The summed E-state index contributed by atoms with van der Waals surface area (Å²) in [5.41, 5.74) is 12.2. The molecule has 2 nitrogen and oxygen atoms in total. The summed E-state index contributed by atoms with van der Waals surface area (Å²) in [6.07, 6.45) is 0. The molecule has 0 aliphatic rings. The number of benzene rings is 1. The van der Waals surface area contributed by atoms with Crippen LogP contribution in [0.3, 0.4) is 0 Å². The normalized spacial score (nSPS) is 13.0. The Balaban J connectivity index is 2.86. The SMILES string of the molecule is NCC(N)c1cccc(S)c1. The Hall–Kier alpha value is -0.510. The molecule has 0 saturated heterocycles. The minimum absolute atomic E-state index is 0.0675. The van der Waals surface area contributed by atoms with Crippen LogP contribution in [0.5, 0.6) is 0 Å². The van der Waals surface area contributed by atoms with E-state index in [9.17, 15) is 0 Å². The molecular weight excluding hydrogens is 156 g/mol. The number of nitrogens with two attached hydrogens (primary N) is 2. The maximum atomic E-state index is 5.70. The van der Waals surface area contributed by atoms with E-state index in [0.717, 1.165) is 10.5 Å². The van der Waals surface area contributed by atoms with Crippen LogP contribution < -0.4 is 11.5 Å². The van der Waals surface area contributed by atoms with Gasteiger partial charge in [-0.1, -0.05) is 12.1 Å². The van der Waals surface area contributed by atoms with Gasteiger partial charge in [0.15, 0.2) is 0 Å². The van der Waals surface area contributed by atoms with Crippen molar-refractivity contribution >= 4 is 12.6 Å². The second kappa shape index (κ2) is 3.76. The maximum Gasteiger partial charge on any atom is 0.0419 e. The average molecular weight is 168 g/mol. The molecule has 60 valence electrons. The summed E-state index contributed by atoms with van der Waals surface area (Å²) in [6, 6.07) is 7.66. The van der Waals surface area contributed by atoms with Crippen LogP contribution in [0.25, 0.3) is 0 Å². The molecule has 1 aromatic carbocycles. The lowest BCUT2D eigenvalue weighted by molar-refractivity contribution is 0.735. The van der Waals surface area contributed by atoms with E-state index < -0.39 is 0 Å². The third kappa shape index (κ3) is 2.22. The molecule has 4 N–H and O–H groups in total. The fourth-order valence-corrected chi connectivity index (χ4v) is 1.13. The van der Waals surface area contributed by atoms with Crippen LogP contribution in [0.4, 0.5) is 0 Å². The van der Waals surface area contributed by atoms with Crippen molar-refractivity contribution in [3.05, 3.63) is 29.8 Å². The van der Waals surface area contributed by atoms with E-state index in [1.165, 1.54) is 0 Å². The van der Waals surface area contributed by atoms with Gasteiger partial charge < -0.3 is 11.5 Å². The quantitative estimate of drug-likeness (QED) is 0.575. The highest BCUT2D eigenvalue weighted by Crippen LogP contribution is 2.13. The van der Waals surface area contributed by atoms with Gasteiger partial charge in [-0.05, 0) is 17.7 Å². The Morgan fingerprint density at radius 1 is 1.45 bits per heavy atom. The fourth-order valence-electron chi connectivity index (χ4n) is 0.892. The van der Waals surface area contributed by atoms with E-state index in [1.54, 1.807) is 0 Å². The molecule has 1 rings (SSSR count). The zero-order valence-corrected chi connectivity index (χ0v) is 7.09. The average Bonchev–Trinajstić information content (AvgIpc) is 2.03. The van der Waals surface area contributed by atoms with Gasteiger partial charge in [0, 0.05) is 17.5 Å². The lowest BCUT2D eigenvalue weighted by Gasteiger charge is -2.08. The van der Waals surface area contributed by atoms with Crippen molar-refractivity contribution in [2.45, 2.75) is 10.9 Å². The topological polar surface area (TPSA) is 52.0 Å². The highest BCUT2D eigenvalue weighted by molar-refractivity contribution is 7.80. The lowest BCUT2D eigenvalue weighted by atomic mass is 10.1. The lowest BCUT2D eigenvalue weighted by Crippen LogP contribution is -2.20. The predicted molar refractivity (Wildman–Crippen MR) is 49.7 cm³/mol. The first kappa shape index (κ1) is 8.59. The van der Waals surface area contributed by atoms with Gasteiger partial charge in [0.25, 0.3) is 0 Å². The Morgan fingerprint density at radius 2 is 2.18 bits per heavy atom. The summed E-state index contributed by atoms with van der Waals surface area (Å²) in [5, 5.41) is 0. The monoisotopic (exact) mass is 168 g/mol. The van der Waals surface area contributed by atoms with Gasteiger partial charge >= 0.3 is 0 Å². The third-order valence-corrected chi connectivity index (χ3v) is 1.83. The molecule has 0 heterocycles. The van der Waals surface area contributed by atoms with E-state index in [2.05, 4.69) is 12.6 Å². The summed E-state index contributed by atoms with van der Waals surface area (Å²) >= 11 is 4.19. The smallest absolute Gasteiger partial charge is 0.0419 e. The van der Waals surface area contributed by atoms with Crippen LogP contribution in [0.15, 0.2) is 29.2 Å². The Labute approximate surface area is 72.0 Å². The number of hydrogen-bond donors (Lipinski definition) is 3. The number of hydrogen-bond acceptors (Lipinski definition) is 3. The van der Waals surface area contributed by atoms with Gasteiger partial charge in [0.1, 0.15) is 0 Å². The van der Waals surface area contributed by atoms with Crippen molar-refractivity contribution in [3.8, 4) is 0 Å². The molecule has 3 heteroatoms. The van der Waals surface area contributed by atoms with Crippen LogP contribution in [-0.2, 0) is 0 Å². The van der Waals surface area contributed by atoms with Gasteiger partial charge in [-0.15, -0.1) is 12.6 Å². The zero-order chi connectivity index (χ0) is 8.27. The molecule has 0 aromatic heterocycles. The van der Waals surface area contributed by atoms with Gasteiger partial charge in [0.2, 0.25) is 0 Å². The van der Waals surface area contributed by atoms with Gasteiger partial charge in [-0.2, -0.15) is 0 Å². The van der Waals surface area contributed by atoms with Gasteiger partial charge in [0.05, 0.1) is 0 Å². The molecular formula is C8H12N2S. The first-order chi connectivity index (χ1) is 5.24. The molecule has 0 aliphatic heterocycles. The highest BCUT2D eigenvalue weighted by atomic mass is 32.1. The predicted octanol–water partition coefficient (Wildman–Crippen LogP) is 0.934. The summed E-state index contributed by atoms with van der Waals surface area (Å²) in [7, 11) is 0. The Bertz CT molecular complexity index is 237. The van der Waals surface area contributed by atoms with Crippen molar-refractivity contribution in [1.82, 2.24) is 0 Å². The van der Waals surface area contributed by atoms with Crippen LogP contribution in [-0.4, -0.2) is 6.54 Å². The van der Waals surface area contributed by atoms with Gasteiger partial charge in [-0.25, -0.2) is 0 Å². The maximum absolute atomic E-state index is 5.70. The molecule has 1 aromatic rings. The van der Waals surface area contributed by atoms with Crippen molar-refractivity contribution in [2.24, 2.45) is 11.5 Å². The van der Waals surface area contributed by atoms with Crippen LogP contribution in [0.1, 0.15) is 11.6 Å². The minimum Gasteiger partial charge on any atom is -0.329 e. The van der Waals surface area contributed by atoms with E-state index >= 15 is 0 Å². The molecule has 0 bridgehead atoms. The molecule has 11 heavy (non-hydrogen) atoms. The third-order valence-electron chi connectivity index (χ3n) is 1.55. The highest BCUT2D eigenvalue weighted by Gasteiger charge is 2.01. The van der Waals surface area contributed by atoms with Crippen LogP contribution in [0, 0.1) is 0 Å². The number of rotatable bonds is 2. The summed E-state index contributed by atoms with van der Waals surface area (Å²) in [4.78, 5) is 0.923. The largest absolute Gasteiger partial charge is 0.329 e. The molecule has 0 spiro atoms. The van der Waals surface area contributed by atoms with Crippen molar-refractivity contribution in [2.75, 3.05) is 6.54 Å². The zero-order valence-electron chi connectivity index (χ0n) is 6.20. The van der Waals surface area contributed by atoms with Crippen molar-refractivity contribution in [1.29, 1.82) is 0 Å². The Kier molecular flexibility index (Phi) is 2.93. The molecule has 0 radical (unpaired) electrons. The van der Waals surface area contributed by atoms with Crippen molar-refractivity contribution < 1.29 is 0 Å². The first-order valence-electron chi connectivity index (χ1n) is 3.48. The van der Waals surface area contributed by atoms with E-state index in [1.807, 2.05) is 24.3 Å². The van der Waals surface area contributed by atoms with Crippen LogP contribution in [0.2, 0.25) is 0 Å². The fraction of sp³-hybridized carbons (Fsp3) is 0.250. The standard InChI is InChI=1S/C8H12N2S/c9-5-8(10)6-2-1-3-7(11)4-6/h1-4,8,11H,5,9-10H2. The summed E-state index contributed by atoms with van der Waals surface area (Å²) in [6.45, 7) is 0.469. The minimum atomic E-state index is -0.0675. The molecule has 0 saturated carbocycles. The van der Waals surface area contributed by atoms with Gasteiger partial charge in [-0.3, -0.25) is 0 Å². The summed E-state index contributed by atoms with van der Waals surface area (Å²) in [5.74, 6) is 0. The van der Waals surface area contributed by atoms with E-state index in [0.29, 0.717) is 6.54 Å². The first-order valence-corrected chi connectivity index (χ1v) is 3.93. The Morgan fingerprint density at radius 3 is 2.73 bits per heavy atom. The molecule has 0 amide bonds. The van der Waals surface area contributed by atoms with Crippen LogP contribution >= 0.6 is 12.6 Å². The second-order valence-corrected chi connectivity index (χ2v) is 2.95. The van der Waals surface area contributed by atoms with E-state index in [-0.39, 0.29) is 6.04 Å². The molecule has 1 unspecified atom stereocenters. The number of thiol groups is 1. The van der Waals surface area contributed by atoms with Crippen molar-refractivity contribution in [3.63, 3.8) is 0 Å². The van der Waals surface area contributed by atoms with E-state index in [4.69, 9.17) is 11.5 Å². The molecule has 0 fully saturated rings. The summed E-state index contributed by atoms with van der Waals surface area (Å²) < 4.78 is 0. The molecule has 1 atom stereocenters. The second-order valence-electron chi connectivity index (χ2n) is 2.44.